The first kappa shape index (κ1) is 23.8. The van der Waals surface area contributed by atoms with Gasteiger partial charge in [-0.05, 0) is 107 Å². The largest absolute Gasteiger partial charge is 0.456 e. The molecule has 49 heavy (non-hydrogen) atoms. The van der Waals surface area contributed by atoms with E-state index in [4.69, 9.17) is 4.42 Å². The van der Waals surface area contributed by atoms with Gasteiger partial charge in [-0.2, -0.15) is 0 Å². The van der Waals surface area contributed by atoms with Crippen molar-refractivity contribution < 1.29 is 9.90 Å². The fraction of sp³-hybridized carbons (Fsp3) is 0. The van der Waals surface area contributed by atoms with E-state index in [1.165, 1.54) is 10.8 Å². The average molecular weight is 627 g/mol. The second-order valence-corrected chi connectivity index (χ2v) is 12.5. The van der Waals surface area contributed by atoms with Crippen LogP contribution in [-0.2, 0) is 0 Å². The van der Waals surface area contributed by atoms with Crippen molar-refractivity contribution >= 4 is 54.3 Å². The van der Waals surface area contributed by atoms with Gasteiger partial charge in [-0.1, -0.05) is 152 Å². The molecule has 0 saturated heterocycles. The summed E-state index contributed by atoms with van der Waals surface area (Å²) in [6.45, 7) is 0. The van der Waals surface area contributed by atoms with Gasteiger partial charge < -0.3 is 4.42 Å². The number of rotatable bonds is 4. The van der Waals surface area contributed by atoms with Crippen molar-refractivity contribution in [2.45, 2.75) is 0 Å². The summed E-state index contributed by atoms with van der Waals surface area (Å²) in [5.74, 6) is 0. The predicted molar refractivity (Wildman–Crippen MR) is 208 cm³/mol. The van der Waals surface area contributed by atoms with Crippen molar-refractivity contribution in [3.05, 3.63) is 182 Å². The van der Waals surface area contributed by atoms with Crippen LogP contribution in [0.4, 0.5) is 0 Å². The highest BCUT2D eigenvalue weighted by molar-refractivity contribution is 6.21. The number of hydrogen-bond donors (Lipinski definition) is 0. The Labute approximate surface area is 289 Å². The van der Waals surface area contributed by atoms with Gasteiger partial charge in [-0.25, -0.2) is 0 Å². The summed E-state index contributed by atoms with van der Waals surface area (Å²) in [4.78, 5) is 0. The Morgan fingerprint density at radius 3 is 1.37 bits per heavy atom. The molecule has 0 radical (unpaired) electrons. The molecule has 0 bridgehead atoms. The molecule has 1 nitrogen and oxygen atoms in total. The molecule has 1 aromatic heterocycles. The first-order chi connectivity index (χ1) is 26.0. The highest BCUT2D eigenvalue weighted by atomic mass is 16.3. The smallest absolute Gasteiger partial charge is 0.135 e. The van der Waals surface area contributed by atoms with Crippen LogP contribution in [0.15, 0.2) is 186 Å². The summed E-state index contributed by atoms with van der Waals surface area (Å²) < 4.78 is 43.9. The standard InChI is InChI=1S/C48H30O/c1-2-11-33(12-3-1)47-39-14-6-8-16-41(39)48(42-17-9-7-15-40(42)47)34-21-18-32(19-22-34)37-24-26-45-43(29-37)44-30-38(25-27-46(44)49-45)36-23-20-31-10-4-5-13-35(31)28-36/h1-30H/i18D,19D,21D,22D. The van der Waals surface area contributed by atoms with Gasteiger partial charge >= 0.3 is 0 Å². The van der Waals surface area contributed by atoms with E-state index in [1.807, 2.05) is 91.0 Å². The van der Waals surface area contributed by atoms with Crippen molar-refractivity contribution in [3.8, 4) is 44.5 Å². The summed E-state index contributed by atoms with van der Waals surface area (Å²) in [5, 5.41) is 7.89. The minimum Gasteiger partial charge on any atom is -0.456 e. The van der Waals surface area contributed by atoms with Gasteiger partial charge in [-0.3, -0.25) is 0 Å². The lowest BCUT2D eigenvalue weighted by Gasteiger charge is -2.18. The van der Waals surface area contributed by atoms with Crippen molar-refractivity contribution in [1.82, 2.24) is 0 Å². The van der Waals surface area contributed by atoms with Crippen LogP contribution in [-0.4, -0.2) is 0 Å². The Morgan fingerprint density at radius 1 is 0.306 bits per heavy atom. The molecule has 0 aliphatic rings. The summed E-state index contributed by atoms with van der Waals surface area (Å²) in [5.41, 5.74) is 7.63. The lowest BCUT2D eigenvalue weighted by atomic mass is 9.86. The second kappa shape index (κ2) is 11.1. The molecule has 0 aliphatic carbocycles. The van der Waals surface area contributed by atoms with Crippen molar-refractivity contribution in [2.24, 2.45) is 0 Å². The zero-order valence-electron chi connectivity index (χ0n) is 30.4. The maximum atomic E-state index is 9.46. The third-order valence-electron chi connectivity index (χ3n) is 9.71. The maximum absolute atomic E-state index is 9.46. The number of fused-ring (bicyclic) bond motifs is 6. The van der Waals surface area contributed by atoms with Crippen molar-refractivity contribution in [3.63, 3.8) is 0 Å². The topological polar surface area (TPSA) is 13.1 Å². The highest BCUT2D eigenvalue weighted by Crippen LogP contribution is 2.44. The van der Waals surface area contributed by atoms with Crippen LogP contribution < -0.4 is 0 Å². The molecule has 0 saturated carbocycles. The fourth-order valence-electron chi connectivity index (χ4n) is 7.38. The molecule has 0 spiro atoms. The van der Waals surface area contributed by atoms with Gasteiger partial charge in [0.1, 0.15) is 11.2 Å². The quantitative estimate of drug-likeness (QED) is 0.177. The Balaban J connectivity index is 1.17. The molecule has 0 fully saturated rings. The molecular weight excluding hydrogens is 593 g/mol. The molecule has 10 rings (SSSR count). The van der Waals surface area contributed by atoms with E-state index in [-0.39, 0.29) is 29.7 Å². The first-order valence-electron chi connectivity index (χ1n) is 18.5. The maximum Gasteiger partial charge on any atom is 0.135 e. The van der Waals surface area contributed by atoms with Crippen LogP contribution in [0, 0.1) is 0 Å². The van der Waals surface area contributed by atoms with Crippen LogP contribution in [0.25, 0.3) is 98.8 Å². The molecule has 228 valence electrons. The molecule has 0 amide bonds. The van der Waals surface area contributed by atoms with Crippen LogP contribution in [0.2, 0.25) is 0 Å². The summed E-state index contributed by atoms with van der Waals surface area (Å²) in [6.07, 6.45) is 0. The van der Waals surface area contributed by atoms with E-state index in [2.05, 4.69) is 66.7 Å². The first-order valence-corrected chi connectivity index (χ1v) is 16.5. The summed E-state index contributed by atoms with van der Waals surface area (Å²) in [6, 6.07) is 52.7. The summed E-state index contributed by atoms with van der Waals surface area (Å²) >= 11 is 0. The molecule has 10 aromatic rings. The SMILES string of the molecule is [2H]c1c([2H])c(-c2c3ccccc3c(-c3ccccc3)c3ccccc23)c([2H])c([2H])c1-c1ccc2oc3ccc(-c4ccc5ccccc5c4)cc3c2c1. The number of benzene rings is 9. The zero-order valence-corrected chi connectivity index (χ0v) is 26.4. The Kier molecular flexibility index (Phi) is 5.38. The molecular formula is C48H30O. The van der Waals surface area contributed by atoms with E-state index in [0.29, 0.717) is 22.3 Å². The van der Waals surface area contributed by atoms with E-state index >= 15 is 0 Å². The number of hydrogen-bond acceptors (Lipinski definition) is 1. The molecule has 0 atom stereocenters. The van der Waals surface area contributed by atoms with Crippen LogP contribution in [0.1, 0.15) is 5.48 Å². The van der Waals surface area contributed by atoms with E-state index in [9.17, 15) is 5.48 Å². The monoisotopic (exact) mass is 626 g/mol. The van der Waals surface area contributed by atoms with Gasteiger partial charge in [0, 0.05) is 10.8 Å². The fourth-order valence-corrected chi connectivity index (χ4v) is 7.38. The minimum atomic E-state index is -0.0784. The zero-order chi connectivity index (χ0) is 35.8. The van der Waals surface area contributed by atoms with Gasteiger partial charge in [-0.15, -0.1) is 0 Å². The van der Waals surface area contributed by atoms with Gasteiger partial charge in [0.05, 0.1) is 5.48 Å². The highest BCUT2D eigenvalue weighted by Gasteiger charge is 2.17. The third-order valence-corrected chi connectivity index (χ3v) is 9.71. The van der Waals surface area contributed by atoms with Crippen molar-refractivity contribution in [2.75, 3.05) is 0 Å². The van der Waals surface area contributed by atoms with E-state index < -0.39 is 0 Å². The Bertz CT molecular complexity index is 3020. The van der Waals surface area contributed by atoms with Crippen LogP contribution in [0.5, 0.6) is 0 Å². The van der Waals surface area contributed by atoms with E-state index in [0.717, 1.165) is 60.2 Å². The molecule has 0 unspecified atom stereocenters. The van der Waals surface area contributed by atoms with Gasteiger partial charge in [0.15, 0.2) is 0 Å². The van der Waals surface area contributed by atoms with Crippen LogP contribution in [0.3, 0.4) is 0 Å². The second-order valence-electron chi connectivity index (χ2n) is 12.5. The number of furan rings is 1. The average Bonchev–Trinajstić information content (AvgIpc) is 3.57. The van der Waals surface area contributed by atoms with Gasteiger partial charge in [0.2, 0.25) is 0 Å². The van der Waals surface area contributed by atoms with Gasteiger partial charge in [0.25, 0.3) is 0 Å². The Morgan fingerprint density at radius 2 is 0.755 bits per heavy atom. The lowest BCUT2D eigenvalue weighted by molar-refractivity contribution is 0.669. The van der Waals surface area contributed by atoms with Crippen molar-refractivity contribution in [1.29, 1.82) is 0 Å². The predicted octanol–water partition coefficient (Wildman–Crippen LogP) is 13.7. The van der Waals surface area contributed by atoms with E-state index in [1.54, 1.807) is 0 Å². The Hall–Kier alpha value is -6.44. The van der Waals surface area contributed by atoms with Crippen LogP contribution >= 0.6 is 0 Å². The minimum absolute atomic E-state index is 0.0699. The summed E-state index contributed by atoms with van der Waals surface area (Å²) in [7, 11) is 0. The molecule has 1 heteroatoms. The molecule has 9 aromatic carbocycles. The molecule has 0 N–H and O–H groups in total. The normalized spacial score (nSPS) is 12.8. The third kappa shape index (κ3) is 4.55. The molecule has 0 aliphatic heterocycles. The molecule has 1 heterocycles. The lowest BCUT2D eigenvalue weighted by Crippen LogP contribution is -1.90.